The third-order valence-corrected chi connectivity index (χ3v) is 6.49. The Balaban J connectivity index is 3.94. The van der Waals surface area contributed by atoms with Crippen molar-refractivity contribution in [3.05, 3.63) is 12.2 Å². The van der Waals surface area contributed by atoms with Crippen LogP contribution in [0.4, 0.5) is 0 Å². The third kappa shape index (κ3) is 25.3. The van der Waals surface area contributed by atoms with Crippen molar-refractivity contribution in [3.8, 4) is 0 Å². The number of hydrogen-bond acceptors (Lipinski definition) is 3. The Kier molecular flexibility index (Phi) is 25.3. The Morgan fingerprint density at radius 3 is 1.71 bits per heavy atom. The summed E-state index contributed by atoms with van der Waals surface area (Å²) in [7, 11) is 0. The highest BCUT2D eigenvalue weighted by Crippen LogP contribution is 2.18. The molecule has 200 valence electrons. The molecule has 1 N–H and O–H groups in total. The number of carbonyl (C=O) groups is 2. The highest BCUT2D eigenvalue weighted by atomic mass is 16.5. The van der Waals surface area contributed by atoms with Crippen LogP contribution in [-0.4, -0.2) is 23.1 Å². The summed E-state index contributed by atoms with van der Waals surface area (Å²) in [4.78, 5) is 23.1. The molecule has 0 saturated carbocycles. The standard InChI is InChI=1S/C30H56O4/c1-3-5-7-9-11-12-13-14-15-16-18-23-27-30(33)34-28(24-20-17-10-8-6-4-2)25-21-19-22-26-29(31)32/h9,11,28H,3-8,10,12-27H2,1-2H3,(H,31,32)/b11-9-. The number of carboxylic acids is 1. The summed E-state index contributed by atoms with van der Waals surface area (Å²) in [5, 5.41) is 8.78. The Hall–Kier alpha value is -1.32. The van der Waals surface area contributed by atoms with Crippen LogP contribution in [0.15, 0.2) is 12.2 Å². The van der Waals surface area contributed by atoms with E-state index < -0.39 is 5.97 Å². The van der Waals surface area contributed by atoms with Gasteiger partial charge in [-0.05, 0) is 57.8 Å². The summed E-state index contributed by atoms with van der Waals surface area (Å²) >= 11 is 0. The summed E-state index contributed by atoms with van der Waals surface area (Å²) in [6.07, 6.45) is 29.3. The van der Waals surface area contributed by atoms with Crippen LogP contribution < -0.4 is 0 Å². The fourth-order valence-electron chi connectivity index (χ4n) is 4.28. The molecule has 0 heterocycles. The van der Waals surface area contributed by atoms with Crippen molar-refractivity contribution < 1.29 is 19.4 Å². The molecular formula is C30H56O4. The second kappa shape index (κ2) is 26.3. The lowest BCUT2D eigenvalue weighted by atomic mass is 10.0. The molecule has 0 bridgehead atoms. The largest absolute Gasteiger partial charge is 0.481 e. The van der Waals surface area contributed by atoms with Gasteiger partial charge in [0.05, 0.1) is 0 Å². The van der Waals surface area contributed by atoms with Crippen molar-refractivity contribution in [3.63, 3.8) is 0 Å². The Morgan fingerprint density at radius 2 is 1.09 bits per heavy atom. The average molecular weight is 481 g/mol. The van der Waals surface area contributed by atoms with Crippen LogP contribution in [-0.2, 0) is 14.3 Å². The van der Waals surface area contributed by atoms with E-state index in [9.17, 15) is 9.59 Å². The number of esters is 1. The maximum atomic E-state index is 12.4. The van der Waals surface area contributed by atoms with Gasteiger partial charge in [-0.3, -0.25) is 9.59 Å². The SMILES string of the molecule is CCCC/C=C\CCCCCCCCC(=O)OC(CCCCCCCC)CCCCCC(=O)O. The maximum Gasteiger partial charge on any atom is 0.306 e. The van der Waals surface area contributed by atoms with Crippen LogP contribution in [0.3, 0.4) is 0 Å². The molecule has 1 atom stereocenters. The molecule has 1 unspecified atom stereocenters. The summed E-state index contributed by atoms with van der Waals surface area (Å²) in [5.41, 5.74) is 0. The first-order valence-electron chi connectivity index (χ1n) is 14.7. The van der Waals surface area contributed by atoms with E-state index in [4.69, 9.17) is 9.84 Å². The molecule has 0 aliphatic carbocycles. The number of aliphatic carboxylic acids is 1. The maximum absolute atomic E-state index is 12.4. The van der Waals surface area contributed by atoms with E-state index in [0.717, 1.165) is 44.9 Å². The van der Waals surface area contributed by atoms with E-state index in [0.29, 0.717) is 12.8 Å². The van der Waals surface area contributed by atoms with Crippen molar-refractivity contribution >= 4 is 11.9 Å². The second-order valence-corrected chi connectivity index (χ2v) is 9.94. The van der Waals surface area contributed by atoms with E-state index in [-0.39, 0.29) is 18.5 Å². The first-order chi connectivity index (χ1) is 16.6. The summed E-state index contributed by atoms with van der Waals surface area (Å²) in [6, 6.07) is 0. The lowest BCUT2D eigenvalue weighted by Crippen LogP contribution is -2.18. The minimum atomic E-state index is -0.727. The third-order valence-electron chi connectivity index (χ3n) is 6.49. The van der Waals surface area contributed by atoms with Crippen LogP contribution >= 0.6 is 0 Å². The lowest BCUT2D eigenvalue weighted by molar-refractivity contribution is -0.150. The summed E-state index contributed by atoms with van der Waals surface area (Å²) < 4.78 is 5.84. The molecule has 0 aromatic carbocycles. The highest BCUT2D eigenvalue weighted by Gasteiger charge is 2.14. The quantitative estimate of drug-likeness (QED) is 0.0760. The van der Waals surface area contributed by atoms with E-state index in [2.05, 4.69) is 26.0 Å². The number of ether oxygens (including phenoxy) is 1. The van der Waals surface area contributed by atoms with Gasteiger partial charge in [-0.15, -0.1) is 0 Å². The minimum Gasteiger partial charge on any atom is -0.481 e. The van der Waals surface area contributed by atoms with Gasteiger partial charge in [-0.25, -0.2) is 0 Å². The average Bonchev–Trinajstić information content (AvgIpc) is 2.81. The smallest absolute Gasteiger partial charge is 0.306 e. The summed E-state index contributed by atoms with van der Waals surface area (Å²) in [6.45, 7) is 4.46. The topological polar surface area (TPSA) is 63.6 Å². The first kappa shape index (κ1) is 32.7. The second-order valence-electron chi connectivity index (χ2n) is 9.94. The molecule has 0 saturated heterocycles. The van der Waals surface area contributed by atoms with E-state index in [1.165, 1.54) is 83.5 Å². The van der Waals surface area contributed by atoms with Gasteiger partial charge in [0.15, 0.2) is 0 Å². The van der Waals surface area contributed by atoms with Gasteiger partial charge in [0, 0.05) is 12.8 Å². The molecule has 0 aromatic rings. The zero-order valence-electron chi connectivity index (χ0n) is 22.7. The Bertz CT molecular complexity index is 486. The zero-order valence-corrected chi connectivity index (χ0v) is 22.7. The molecule has 0 aliphatic rings. The van der Waals surface area contributed by atoms with Gasteiger partial charge in [0.1, 0.15) is 6.10 Å². The van der Waals surface area contributed by atoms with Gasteiger partial charge in [-0.2, -0.15) is 0 Å². The van der Waals surface area contributed by atoms with Gasteiger partial charge >= 0.3 is 11.9 Å². The van der Waals surface area contributed by atoms with Crippen molar-refractivity contribution in [1.82, 2.24) is 0 Å². The molecule has 0 aliphatic heterocycles. The number of unbranched alkanes of at least 4 members (excludes halogenated alkanes) is 15. The van der Waals surface area contributed by atoms with E-state index in [1.54, 1.807) is 0 Å². The van der Waals surface area contributed by atoms with E-state index in [1.807, 2.05) is 0 Å². The molecule has 0 aromatic heterocycles. The fraction of sp³-hybridized carbons (Fsp3) is 0.867. The van der Waals surface area contributed by atoms with Crippen LogP contribution in [0.1, 0.15) is 162 Å². The normalized spacial score (nSPS) is 12.3. The number of allylic oxidation sites excluding steroid dienone is 2. The molecule has 0 fully saturated rings. The van der Waals surface area contributed by atoms with Crippen LogP contribution in [0.25, 0.3) is 0 Å². The Morgan fingerprint density at radius 1 is 0.618 bits per heavy atom. The van der Waals surface area contributed by atoms with Gasteiger partial charge in [0.2, 0.25) is 0 Å². The van der Waals surface area contributed by atoms with Gasteiger partial charge in [0.25, 0.3) is 0 Å². The number of carbonyl (C=O) groups excluding carboxylic acids is 1. The van der Waals surface area contributed by atoms with Crippen molar-refractivity contribution in [2.24, 2.45) is 0 Å². The fourth-order valence-corrected chi connectivity index (χ4v) is 4.28. The van der Waals surface area contributed by atoms with Crippen molar-refractivity contribution in [2.75, 3.05) is 0 Å². The molecule has 0 rings (SSSR count). The van der Waals surface area contributed by atoms with Gasteiger partial charge in [-0.1, -0.05) is 103 Å². The number of rotatable bonds is 26. The molecular weight excluding hydrogens is 424 g/mol. The van der Waals surface area contributed by atoms with Crippen LogP contribution in [0.2, 0.25) is 0 Å². The number of carboxylic acid groups (broad SMARTS) is 1. The van der Waals surface area contributed by atoms with Crippen molar-refractivity contribution in [2.45, 2.75) is 168 Å². The van der Waals surface area contributed by atoms with E-state index >= 15 is 0 Å². The van der Waals surface area contributed by atoms with Crippen LogP contribution in [0.5, 0.6) is 0 Å². The summed E-state index contributed by atoms with van der Waals surface area (Å²) in [5.74, 6) is -0.770. The molecule has 0 radical (unpaired) electrons. The Labute approximate surface area is 211 Å². The molecule has 4 nitrogen and oxygen atoms in total. The molecule has 4 heteroatoms. The highest BCUT2D eigenvalue weighted by molar-refractivity contribution is 5.69. The number of hydrogen-bond donors (Lipinski definition) is 1. The zero-order chi connectivity index (χ0) is 25.1. The van der Waals surface area contributed by atoms with Crippen LogP contribution in [0, 0.1) is 0 Å². The van der Waals surface area contributed by atoms with Gasteiger partial charge < -0.3 is 9.84 Å². The predicted octanol–water partition coefficient (Wildman–Crippen LogP) is 9.55. The molecule has 0 amide bonds. The molecule has 34 heavy (non-hydrogen) atoms. The lowest BCUT2D eigenvalue weighted by Gasteiger charge is -2.18. The molecule has 0 spiro atoms. The predicted molar refractivity (Wildman–Crippen MR) is 144 cm³/mol. The monoisotopic (exact) mass is 480 g/mol. The minimum absolute atomic E-state index is 0.00823. The van der Waals surface area contributed by atoms with Crippen molar-refractivity contribution in [1.29, 1.82) is 0 Å². The first-order valence-corrected chi connectivity index (χ1v) is 14.7.